The molecule has 0 bridgehead atoms. The van der Waals surface area contributed by atoms with Gasteiger partial charge in [0, 0.05) is 25.0 Å². The smallest absolute Gasteiger partial charge is 0.308 e. The highest BCUT2D eigenvalue weighted by Gasteiger charge is 2.08. The lowest BCUT2D eigenvalue weighted by Crippen LogP contribution is -2.06. The number of carbonyl (C=O) groups excluding carboxylic acids is 2. The van der Waals surface area contributed by atoms with Crippen LogP contribution in [0.25, 0.3) is 0 Å². The maximum Gasteiger partial charge on any atom is 0.308 e. The van der Waals surface area contributed by atoms with Gasteiger partial charge in [0.25, 0.3) is 0 Å². The molecule has 2 aromatic rings. The fraction of sp³-hybridized carbons (Fsp3) is 0.222. The third-order valence-electron chi connectivity index (χ3n) is 2.97. The molecular formula is C18H18O5. The van der Waals surface area contributed by atoms with Gasteiger partial charge >= 0.3 is 11.9 Å². The van der Waals surface area contributed by atoms with E-state index in [1.54, 1.807) is 24.3 Å². The number of hydrogen-bond donors (Lipinski definition) is 0. The Morgan fingerprint density at radius 1 is 0.739 bits per heavy atom. The Morgan fingerprint density at radius 3 is 1.52 bits per heavy atom. The Labute approximate surface area is 134 Å². The van der Waals surface area contributed by atoms with Gasteiger partial charge in [-0.2, -0.15) is 0 Å². The zero-order chi connectivity index (χ0) is 16.7. The fourth-order valence-electron chi connectivity index (χ4n) is 2.03. The highest BCUT2D eigenvalue weighted by Crippen LogP contribution is 2.22. The molecule has 0 aromatic heterocycles. The standard InChI is InChI=1S/C18H18O5/c1-13(19)22-17-9-5-3-7-15(17)11-21-12-16-8-4-6-10-18(16)23-14(2)20/h3-10H,11-12H2,1-2H3. The summed E-state index contributed by atoms with van der Waals surface area (Å²) in [5.41, 5.74) is 1.54. The van der Waals surface area contributed by atoms with Crippen molar-refractivity contribution in [1.82, 2.24) is 0 Å². The van der Waals surface area contributed by atoms with Crippen molar-refractivity contribution in [1.29, 1.82) is 0 Å². The Kier molecular flexibility index (Phi) is 5.88. The number of hydrogen-bond acceptors (Lipinski definition) is 5. The van der Waals surface area contributed by atoms with Crippen LogP contribution < -0.4 is 9.47 Å². The van der Waals surface area contributed by atoms with Crippen LogP contribution in [0, 0.1) is 0 Å². The van der Waals surface area contributed by atoms with Gasteiger partial charge in [0.2, 0.25) is 0 Å². The highest BCUT2D eigenvalue weighted by molar-refractivity contribution is 5.70. The molecule has 0 radical (unpaired) electrons. The van der Waals surface area contributed by atoms with E-state index >= 15 is 0 Å². The monoisotopic (exact) mass is 314 g/mol. The Balaban J connectivity index is 2.01. The number of carbonyl (C=O) groups is 2. The third-order valence-corrected chi connectivity index (χ3v) is 2.97. The molecule has 0 unspecified atom stereocenters. The molecule has 0 fully saturated rings. The molecular weight excluding hydrogens is 296 g/mol. The first-order chi connectivity index (χ1) is 11.1. The Bertz CT molecular complexity index is 634. The molecule has 0 saturated heterocycles. The van der Waals surface area contributed by atoms with E-state index < -0.39 is 0 Å². The average Bonchev–Trinajstić information content (AvgIpc) is 2.49. The first-order valence-corrected chi connectivity index (χ1v) is 7.16. The van der Waals surface area contributed by atoms with Crippen molar-refractivity contribution in [3.05, 3.63) is 59.7 Å². The summed E-state index contributed by atoms with van der Waals surface area (Å²) < 4.78 is 15.9. The van der Waals surface area contributed by atoms with Crippen LogP contribution in [0.2, 0.25) is 0 Å². The van der Waals surface area contributed by atoms with Gasteiger partial charge in [-0.15, -0.1) is 0 Å². The molecule has 0 aliphatic rings. The summed E-state index contributed by atoms with van der Waals surface area (Å²) in [6, 6.07) is 14.4. The first kappa shape index (κ1) is 16.7. The fourth-order valence-corrected chi connectivity index (χ4v) is 2.03. The van der Waals surface area contributed by atoms with E-state index in [9.17, 15) is 9.59 Å². The molecule has 0 spiro atoms. The molecule has 5 heteroatoms. The van der Waals surface area contributed by atoms with Gasteiger partial charge in [-0.05, 0) is 12.1 Å². The molecule has 0 aliphatic heterocycles. The predicted molar refractivity (Wildman–Crippen MR) is 84.0 cm³/mol. The second kappa shape index (κ2) is 8.10. The van der Waals surface area contributed by atoms with E-state index in [1.807, 2.05) is 24.3 Å². The maximum atomic E-state index is 11.1. The summed E-state index contributed by atoms with van der Waals surface area (Å²) >= 11 is 0. The van der Waals surface area contributed by atoms with E-state index in [2.05, 4.69) is 0 Å². The summed E-state index contributed by atoms with van der Waals surface area (Å²) in [7, 11) is 0. The van der Waals surface area contributed by atoms with Crippen LogP contribution in [0.5, 0.6) is 11.5 Å². The first-order valence-electron chi connectivity index (χ1n) is 7.16. The summed E-state index contributed by atoms with van der Waals surface area (Å²) in [4.78, 5) is 22.2. The third kappa shape index (κ3) is 5.23. The highest BCUT2D eigenvalue weighted by atomic mass is 16.5. The van der Waals surface area contributed by atoms with Gasteiger partial charge < -0.3 is 14.2 Å². The zero-order valence-electron chi connectivity index (χ0n) is 13.1. The Morgan fingerprint density at radius 2 is 1.13 bits per heavy atom. The van der Waals surface area contributed by atoms with E-state index in [0.717, 1.165) is 11.1 Å². The van der Waals surface area contributed by atoms with Crippen molar-refractivity contribution < 1.29 is 23.8 Å². The van der Waals surface area contributed by atoms with Crippen LogP contribution in [0.4, 0.5) is 0 Å². The maximum absolute atomic E-state index is 11.1. The largest absolute Gasteiger partial charge is 0.426 e. The van der Waals surface area contributed by atoms with E-state index in [4.69, 9.17) is 14.2 Å². The number of para-hydroxylation sites is 2. The van der Waals surface area contributed by atoms with Gasteiger partial charge in [-0.1, -0.05) is 36.4 Å². The predicted octanol–water partition coefficient (Wildman–Crippen LogP) is 3.25. The molecule has 0 saturated carbocycles. The lowest BCUT2D eigenvalue weighted by Gasteiger charge is -2.11. The molecule has 23 heavy (non-hydrogen) atoms. The summed E-state index contributed by atoms with van der Waals surface area (Å²) in [5.74, 6) is 0.205. The lowest BCUT2D eigenvalue weighted by molar-refractivity contribution is -0.132. The Hall–Kier alpha value is -2.66. The quantitative estimate of drug-likeness (QED) is 0.605. The minimum atomic E-state index is -0.377. The van der Waals surface area contributed by atoms with Gasteiger partial charge in [0.05, 0.1) is 13.2 Å². The molecule has 0 aliphatic carbocycles. The molecule has 0 atom stereocenters. The number of rotatable bonds is 6. The number of ether oxygens (including phenoxy) is 3. The van der Waals surface area contributed by atoms with Crippen molar-refractivity contribution in [2.24, 2.45) is 0 Å². The van der Waals surface area contributed by atoms with Crippen LogP contribution in [0.1, 0.15) is 25.0 Å². The number of esters is 2. The van der Waals surface area contributed by atoms with Crippen molar-refractivity contribution in [2.75, 3.05) is 0 Å². The molecule has 2 rings (SSSR count). The summed E-state index contributed by atoms with van der Waals surface area (Å²) in [6.45, 7) is 3.26. The van der Waals surface area contributed by atoms with Gasteiger partial charge in [-0.25, -0.2) is 0 Å². The van der Waals surface area contributed by atoms with E-state index in [0.29, 0.717) is 11.5 Å². The van der Waals surface area contributed by atoms with Crippen LogP contribution in [0.3, 0.4) is 0 Å². The van der Waals surface area contributed by atoms with Crippen molar-refractivity contribution in [2.45, 2.75) is 27.1 Å². The lowest BCUT2D eigenvalue weighted by atomic mass is 10.2. The SMILES string of the molecule is CC(=O)Oc1ccccc1COCc1ccccc1OC(C)=O. The minimum absolute atomic E-state index is 0.276. The van der Waals surface area contributed by atoms with Gasteiger partial charge in [-0.3, -0.25) is 9.59 Å². The second-order valence-electron chi connectivity index (χ2n) is 4.90. The normalized spacial score (nSPS) is 10.2. The van der Waals surface area contributed by atoms with Gasteiger partial charge in [0.1, 0.15) is 11.5 Å². The van der Waals surface area contributed by atoms with Crippen molar-refractivity contribution in [3.63, 3.8) is 0 Å². The molecule has 0 heterocycles. The van der Waals surface area contributed by atoms with Crippen molar-refractivity contribution >= 4 is 11.9 Å². The molecule has 5 nitrogen and oxygen atoms in total. The zero-order valence-corrected chi connectivity index (χ0v) is 13.1. The van der Waals surface area contributed by atoms with Crippen LogP contribution >= 0.6 is 0 Å². The topological polar surface area (TPSA) is 61.8 Å². The molecule has 120 valence electrons. The van der Waals surface area contributed by atoms with Crippen molar-refractivity contribution in [3.8, 4) is 11.5 Å². The van der Waals surface area contributed by atoms with Gasteiger partial charge in [0.15, 0.2) is 0 Å². The van der Waals surface area contributed by atoms with Crippen LogP contribution in [-0.2, 0) is 27.5 Å². The van der Waals surface area contributed by atoms with Crippen LogP contribution in [-0.4, -0.2) is 11.9 Å². The van der Waals surface area contributed by atoms with Crippen LogP contribution in [0.15, 0.2) is 48.5 Å². The van der Waals surface area contributed by atoms with E-state index in [-0.39, 0.29) is 25.2 Å². The summed E-state index contributed by atoms with van der Waals surface area (Å²) in [5, 5.41) is 0. The minimum Gasteiger partial charge on any atom is -0.426 e. The molecule has 0 amide bonds. The summed E-state index contributed by atoms with van der Waals surface area (Å²) in [6.07, 6.45) is 0. The van der Waals surface area contributed by atoms with E-state index in [1.165, 1.54) is 13.8 Å². The number of benzene rings is 2. The molecule has 0 N–H and O–H groups in total. The molecule has 2 aromatic carbocycles. The average molecular weight is 314 g/mol. The second-order valence-corrected chi connectivity index (χ2v) is 4.90.